The van der Waals surface area contributed by atoms with Crippen LogP contribution in [0.15, 0.2) is 23.1 Å². The Morgan fingerprint density at radius 3 is 2.45 bits per heavy atom. The van der Waals surface area contributed by atoms with Gasteiger partial charge in [-0.15, -0.1) is 0 Å². The summed E-state index contributed by atoms with van der Waals surface area (Å²) >= 11 is 0. The average Bonchev–Trinajstić information content (AvgIpc) is 2.34. The number of amides is 1. The molecule has 1 rings (SSSR count). The van der Waals surface area contributed by atoms with E-state index in [1.165, 1.54) is 18.2 Å². The van der Waals surface area contributed by atoms with Gasteiger partial charge in [-0.05, 0) is 32.0 Å². The van der Waals surface area contributed by atoms with Crippen molar-refractivity contribution in [3.63, 3.8) is 0 Å². The number of hydrogen-bond acceptors (Lipinski definition) is 5. The van der Waals surface area contributed by atoms with Crippen molar-refractivity contribution in [2.75, 3.05) is 25.6 Å². The Kier molecular flexibility index (Phi) is 4.77. The first-order valence-corrected chi connectivity index (χ1v) is 7.88. The summed E-state index contributed by atoms with van der Waals surface area (Å²) in [6.45, 7) is 3.95. The largest absolute Gasteiger partial charge is 0.399 e. The fraction of sp³-hybridized carbons (Fsp3) is 0.462. The van der Waals surface area contributed by atoms with E-state index in [-0.39, 0.29) is 16.1 Å². The number of ether oxygens (including phenoxy) is 1. The van der Waals surface area contributed by atoms with Crippen LogP contribution in [0.5, 0.6) is 0 Å². The molecule has 112 valence electrons. The monoisotopic (exact) mass is 300 g/mol. The topological polar surface area (TPSA) is 98.5 Å². The van der Waals surface area contributed by atoms with E-state index in [1.807, 2.05) is 13.8 Å². The lowest BCUT2D eigenvalue weighted by Crippen LogP contribution is -2.39. The zero-order valence-electron chi connectivity index (χ0n) is 12.1. The van der Waals surface area contributed by atoms with Crippen LogP contribution < -0.4 is 11.1 Å². The van der Waals surface area contributed by atoms with Crippen molar-refractivity contribution in [1.29, 1.82) is 0 Å². The molecule has 1 aromatic carbocycles. The van der Waals surface area contributed by atoms with Crippen LogP contribution in [0.1, 0.15) is 24.2 Å². The first kappa shape index (κ1) is 16.5. The van der Waals surface area contributed by atoms with Crippen molar-refractivity contribution < 1.29 is 17.9 Å². The number of carbonyl (C=O) groups is 1. The Morgan fingerprint density at radius 2 is 1.95 bits per heavy atom. The molecule has 20 heavy (non-hydrogen) atoms. The molecule has 1 aromatic rings. The second kappa shape index (κ2) is 5.80. The Morgan fingerprint density at radius 1 is 1.35 bits per heavy atom. The van der Waals surface area contributed by atoms with E-state index in [0.29, 0.717) is 6.54 Å². The van der Waals surface area contributed by atoms with Gasteiger partial charge in [0.25, 0.3) is 5.91 Å². The number of sulfone groups is 1. The molecule has 0 saturated carbocycles. The molecular weight excluding hydrogens is 280 g/mol. The minimum atomic E-state index is -3.41. The molecule has 0 saturated heterocycles. The molecule has 6 nitrogen and oxygen atoms in total. The maximum Gasteiger partial charge on any atom is 0.251 e. The Labute approximate surface area is 119 Å². The number of nitrogen functional groups attached to an aromatic ring is 1. The Bertz CT molecular complexity index is 609. The Balaban J connectivity index is 2.97. The van der Waals surface area contributed by atoms with Crippen molar-refractivity contribution in [3.8, 4) is 0 Å². The van der Waals surface area contributed by atoms with Crippen molar-refractivity contribution >= 4 is 21.4 Å². The fourth-order valence-electron chi connectivity index (χ4n) is 1.43. The summed E-state index contributed by atoms with van der Waals surface area (Å²) < 4.78 is 28.2. The van der Waals surface area contributed by atoms with Gasteiger partial charge < -0.3 is 15.8 Å². The summed E-state index contributed by atoms with van der Waals surface area (Å²) in [7, 11) is -1.86. The van der Waals surface area contributed by atoms with Gasteiger partial charge in [-0.25, -0.2) is 8.42 Å². The van der Waals surface area contributed by atoms with E-state index in [4.69, 9.17) is 10.5 Å². The number of methoxy groups -OCH3 is 1. The third-order valence-corrected chi connectivity index (χ3v) is 3.94. The molecular formula is C13H20N2O4S. The maximum absolute atomic E-state index is 12.0. The van der Waals surface area contributed by atoms with E-state index in [2.05, 4.69) is 5.32 Å². The summed E-state index contributed by atoms with van der Waals surface area (Å²) in [4.78, 5) is 12.0. The van der Waals surface area contributed by atoms with Crippen molar-refractivity contribution in [1.82, 2.24) is 5.32 Å². The van der Waals surface area contributed by atoms with Crippen molar-refractivity contribution in [3.05, 3.63) is 23.8 Å². The molecule has 0 atom stereocenters. The molecule has 0 aromatic heterocycles. The SMILES string of the molecule is COC(C)(C)CNC(=O)c1cc(N)cc(S(C)(=O)=O)c1. The standard InChI is InChI=1S/C13H20N2O4S/c1-13(2,19-3)8-15-12(16)9-5-10(14)7-11(6-9)20(4,17)18/h5-7H,8,14H2,1-4H3,(H,15,16). The molecule has 1 amide bonds. The van der Waals surface area contributed by atoms with Crippen LogP contribution in [0, 0.1) is 0 Å². The van der Waals surface area contributed by atoms with Crippen molar-refractivity contribution in [2.45, 2.75) is 24.3 Å². The molecule has 0 aliphatic carbocycles. The molecule has 7 heteroatoms. The number of rotatable bonds is 5. The Hall–Kier alpha value is -1.60. The summed E-state index contributed by atoms with van der Waals surface area (Å²) in [5.74, 6) is -0.396. The van der Waals surface area contributed by atoms with Gasteiger partial charge in [-0.3, -0.25) is 4.79 Å². The molecule has 0 unspecified atom stereocenters. The second-order valence-electron chi connectivity index (χ2n) is 5.21. The third-order valence-electron chi connectivity index (χ3n) is 2.85. The minimum absolute atomic E-state index is 0.0219. The molecule has 0 heterocycles. The van der Waals surface area contributed by atoms with E-state index < -0.39 is 21.3 Å². The zero-order chi connectivity index (χ0) is 15.6. The predicted molar refractivity (Wildman–Crippen MR) is 77.4 cm³/mol. The third kappa shape index (κ3) is 4.50. The van der Waals surface area contributed by atoms with Gasteiger partial charge in [0.15, 0.2) is 9.84 Å². The molecule has 0 aliphatic rings. The molecule has 0 radical (unpaired) electrons. The summed E-state index contributed by atoms with van der Waals surface area (Å²) in [6.07, 6.45) is 1.07. The molecule has 0 fully saturated rings. The molecule has 3 N–H and O–H groups in total. The van der Waals surface area contributed by atoms with Crippen LogP contribution in [-0.4, -0.2) is 39.8 Å². The van der Waals surface area contributed by atoms with Gasteiger partial charge in [0.05, 0.1) is 10.5 Å². The number of hydrogen-bond donors (Lipinski definition) is 2. The quantitative estimate of drug-likeness (QED) is 0.785. The van der Waals surface area contributed by atoms with Gasteiger partial charge >= 0.3 is 0 Å². The van der Waals surface area contributed by atoms with Gasteiger partial charge in [-0.2, -0.15) is 0 Å². The first-order chi connectivity index (χ1) is 9.05. The maximum atomic E-state index is 12.0. The number of carbonyl (C=O) groups excluding carboxylic acids is 1. The van der Waals surface area contributed by atoms with Gasteiger partial charge in [0.2, 0.25) is 0 Å². The van der Waals surface area contributed by atoms with Gasteiger partial charge in [-0.1, -0.05) is 0 Å². The summed E-state index contributed by atoms with van der Waals surface area (Å²) in [5, 5.41) is 2.68. The zero-order valence-corrected chi connectivity index (χ0v) is 12.9. The second-order valence-corrected chi connectivity index (χ2v) is 7.23. The van der Waals surface area contributed by atoms with E-state index >= 15 is 0 Å². The highest BCUT2D eigenvalue weighted by molar-refractivity contribution is 7.90. The highest BCUT2D eigenvalue weighted by Gasteiger charge is 2.19. The predicted octanol–water partition coefficient (Wildman–Crippen LogP) is 0.827. The van der Waals surface area contributed by atoms with Gasteiger partial charge in [0.1, 0.15) is 0 Å². The van der Waals surface area contributed by atoms with E-state index in [9.17, 15) is 13.2 Å². The fourth-order valence-corrected chi connectivity index (χ4v) is 2.13. The highest BCUT2D eigenvalue weighted by Crippen LogP contribution is 2.17. The average molecular weight is 300 g/mol. The van der Waals surface area contributed by atoms with Crippen LogP contribution in [0.2, 0.25) is 0 Å². The normalized spacial score (nSPS) is 12.2. The lowest BCUT2D eigenvalue weighted by molar-refractivity contribution is 0.0229. The minimum Gasteiger partial charge on any atom is -0.399 e. The highest BCUT2D eigenvalue weighted by atomic mass is 32.2. The lowest BCUT2D eigenvalue weighted by atomic mass is 10.1. The number of nitrogens with one attached hydrogen (secondary N) is 1. The number of nitrogens with two attached hydrogens (primary N) is 1. The van der Waals surface area contributed by atoms with Crippen molar-refractivity contribution in [2.24, 2.45) is 0 Å². The van der Waals surface area contributed by atoms with Crippen LogP contribution in [0.25, 0.3) is 0 Å². The molecule has 0 spiro atoms. The van der Waals surface area contributed by atoms with Crippen LogP contribution >= 0.6 is 0 Å². The summed E-state index contributed by atoms with van der Waals surface area (Å²) in [6, 6.07) is 4.07. The lowest BCUT2D eigenvalue weighted by Gasteiger charge is -2.23. The summed E-state index contributed by atoms with van der Waals surface area (Å²) in [5.41, 5.74) is 5.56. The van der Waals surface area contributed by atoms with Crippen LogP contribution in [0.3, 0.4) is 0 Å². The van der Waals surface area contributed by atoms with Gasteiger partial charge in [0, 0.05) is 31.2 Å². The number of benzene rings is 1. The molecule has 0 aliphatic heterocycles. The van der Waals surface area contributed by atoms with E-state index in [1.54, 1.807) is 7.11 Å². The van der Waals surface area contributed by atoms with Crippen LogP contribution in [-0.2, 0) is 14.6 Å². The first-order valence-electron chi connectivity index (χ1n) is 5.99. The smallest absolute Gasteiger partial charge is 0.251 e. The molecule has 0 bridgehead atoms. The number of anilines is 1. The van der Waals surface area contributed by atoms with Crippen LogP contribution in [0.4, 0.5) is 5.69 Å². The van der Waals surface area contributed by atoms with E-state index in [0.717, 1.165) is 6.26 Å².